The van der Waals surface area contributed by atoms with Gasteiger partial charge < -0.3 is 10.6 Å². The van der Waals surface area contributed by atoms with Gasteiger partial charge in [-0.05, 0) is 51.7 Å². The lowest BCUT2D eigenvalue weighted by atomic mass is 9.84. The van der Waals surface area contributed by atoms with E-state index in [-0.39, 0.29) is 17.9 Å². The quantitative estimate of drug-likeness (QED) is 0.495. The molecule has 1 heterocycles. The van der Waals surface area contributed by atoms with Crippen LogP contribution in [0.2, 0.25) is 0 Å². The van der Waals surface area contributed by atoms with Crippen molar-refractivity contribution in [2.45, 2.75) is 51.5 Å². The summed E-state index contributed by atoms with van der Waals surface area (Å²) in [6.45, 7) is 3.63. The molecule has 2 N–H and O–H groups in total. The Labute approximate surface area is 188 Å². The highest BCUT2D eigenvalue weighted by Gasteiger charge is 2.26. The third-order valence-corrected chi connectivity index (χ3v) is 6.12. The van der Waals surface area contributed by atoms with Crippen molar-refractivity contribution < 1.29 is 9.59 Å². The summed E-state index contributed by atoms with van der Waals surface area (Å²) < 4.78 is 1.71. The Bertz CT molecular complexity index is 986. The average Bonchev–Trinajstić information content (AvgIpc) is 3.15. The van der Waals surface area contributed by atoms with Crippen molar-refractivity contribution in [1.82, 2.24) is 15.1 Å². The molecule has 0 radical (unpaired) electrons. The van der Waals surface area contributed by atoms with Crippen LogP contribution in [0.4, 0.5) is 5.82 Å². The second kappa shape index (κ2) is 10.4. The molecule has 7 heteroatoms. The summed E-state index contributed by atoms with van der Waals surface area (Å²) >= 11 is 6.13. The van der Waals surface area contributed by atoms with Crippen molar-refractivity contribution >= 4 is 29.2 Å². The summed E-state index contributed by atoms with van der Waals surface area (Å²) in [4.78, 5) is 24.9. The fourth-order valence-electron chi connectivity index (χ4n) is 3.91. The van der Waals surface area contributed by atoms with Gasteiger partial charge in [-0.1, -0.05) is 42.0 Å². The monoisotopic (exact) mass is 440 g/mol. The van der Waals surface area contributed by atoms with Crippen LogP contribution in [0.1, 0.15) is 61.5 Å². The Morgan fingerprint density at radius 2 is 1.77 bits per heavy atom. The van der Waals surface area contributed by atoms with Crippen LogP contribution in [0.5, 0.6) is 0 Å². The first-order valence-electron chi connectivity index (χ1n) is 10.6. The van der Waals surface area contributed by atoms with Gasteiger partial charge in [0, 0.05) is 35.7 Å². The van der Waals surface area contributed by atoms with E-state index in [4.69, 9.17) is 11.6 Å². The highest BCUT2D eigenvalue weighted by molar-refractivity contribution is 6.35. The summed E-state index contributed by atoms with van der Waals surface area (Å²) in [6.07, 6.45) is 7.07. The topological polar surface area (TPSA) is 76.0 Å². The number of aryl methyl sites for hydroxylation is 1. The van der Waals surface area contributed by atoms with Crippen molar-refractivity contribution in [3.63, 3.8) is 0 Å². The van der Waals surface area contributed by atoms with Gasteiger partial charge in [-0.2, -0.15) is 5.10 Å². The van der Waals surface area contributed by atoms with Crippen LogP contribution >= 0.6 is 11.6 Å². The van der Waals surface area contributed by atoms with Gasteiger partial charge in [-0.15, -0.1) is 0 Å². The summed E-state index contributed by atoms with van der Waals surface area (Å²) in [5.74, 6) is 0.707. The molecule has 2 amide bonds. The SMILES string of the molecule is C/C=C(C(=O)NC1CCC(c2cc(NC(=O)c3ccccc3)n(C)n2)CC1)\C(Cl)=C/C. The maximum absolute atomic E-state index is 12.5. The summed E-state index contributed by atoms with van der Waals surface area (Å²) in [6, 6.07) is 11.2. The number of halogens is 1. The van der Waals surface area contributed by atoms with E-state index in [1.165, 1.54) is 0 Å². The zero-order chi connectivity index (χ0) is 22.4. The molecule has 6 nitrogen and oxygen atoms in total. The molecule has 0 saturated heterocycles. The first-order valence-corrected chi connectivity index (χ1v) is 11.0. The smallest absolute Gasteiger partial charge is 0.256 e. The molecule has 1 aliphatic rings. The number of benzene rings is 1. The molecule has 1 fully saturated rings. The first-order chi connectivity index (χ1) is 14.9. The highest BCUT2D eigenvalue weighted by atomic mass is 35.5. The van der Waals surface area contributed by atoms with Crippen LogP contribution in [0, 0.1) is 0 Å². The Morgan fingerprint density at radius 3 is 2.39 bits per heavy atom. The molecule has 164 valence electrons. The van der Waals surface area contributed by atoms with Crippen LogP contribution in [0.25, 0.3) is 0 Å². The molecule has 1 aromatic carbocycles. The number of carbonyl (C=O) groups is 2. The zero-order valence-corrected chi connectivity index (χ0v) is 18.9. The number of nitrogens with zero attached hydrogens (tertiary/aromatic N) is 2. The largest absolute Gasteiger partial charge is 0.349 e. The van der Waals surface area contributed by atoms with E-state index in [9.17, 15) is 9.59 Å². The van der Waals surface area contributed by atoms with Crippen LogP contribution in [0.15, 0.2) is 59.2 Å². The standard InChI is InChI=1S/C24H29ClN4O2/c1-4-19(20(25)5-2)24(31)26-18-13-11-16(12-14-18)21-15-22(29(3)28-21)27-23(30)17-9-7-6-8-10-17/h4-10,15-16,18H,11-14H2,1-3H3,(H,26,31)(H,27,30)/b19-4+,20-5+. The number of nitrogens with one attached hydrogen (secondary N) is 2. The maximum Gasteiger partial charge on any atom is 0.256 e. The van der Waals surface area contributed by atoms with Gasteiger partial charge in [0.1, 0.15) is 5.82 Å². The third kappa shape index (κ3) is 5.64. The summed E-state index contributed by atoms with van der Waals surface area (Å²) in [7, 11) is 1.83. The lowest BCUT2D eigenvalue weighted by Gasteiger charge is -2.28. The van der Waals surface area contributed by atoms with E-state index in [2.05, 4.69) is 15.7 Å². The maximum atomic E-state index is 12.5. The van der Waals surface area contributed by atoms with Crippen LogP contribution in [-0.4, -0.2) is 27.6 Å². The summed E-state index contributed by atoms with van der Waals surface area (Å²) in [5, 5.41) is 11.1. The predicted molar refractivity (Wildman–Crippen MR) is 124 cm³/mol. The molecule has 1 saturated carbocycles. The van der Waals surface area contributed by atoms with Gasteiger partial charge in [0.25, 0.3) is 11.8 Å². The number of rotatable bonds is 6. The van der Waals surface area contributed by atoms with Crippen molar-refractivity contribution in [3.8, 4) is 0 Å². The number of carbonyl (C=O) groups excluding carboxylic acids is 2. The van der Waals surface area contributed by atoms with Gasteiger partial charge in [0.15, 0.2) is 0 Å². The van der Waals surface area contributed by atoms with E-state index in [1.54, 1.807) is 29.0 Å². The highest BCUT2D eigenvalue weighted by Crippen LogP contribution is 2.33. The Hall–Kier alpha value is -2.86. The molecule has 0 atom stereocenters. The van der Waals surface area contributed by atoms with Crippen molar-refractivity contribution in [2.24, 2.45) is 7.05 Å². The molecule has 0 spiro atoms. The lowest BCUT2D eigenvalue weighted by molar-refractivity contribution is -0.118. The number of aromatic nitrogens is 2. The van der Waals surface area contributed by atoms with E-state index < -0.39 is 0 Å². The average molecular weight is 441 g/mol. The number of amides is 2. The minimum Gasteiger partial charge on any atom is -0.349 e. The van der Waals surface area contributed by atoms with E-state index in [0.29, 0.717) is 27.9 Å². The van der Waals surface area contributed by atoms with Gasteiger partial charge in [0.2, 0.25) is 0 Å². The molecule has 1 aromatic heterocycles. The van der Waals surface area contributed by atoms with Crippen LogP contribution in [-0.2, 0) is 11.8 Å². The van der Waals surface area contributed by atoms with Gasteiger partial charge >= 0.3 is 0 Å². The lowest BCUT2D eigenvalue weighted by Crippen LogP contribution is -2.38. The van der Waals surface area contributed by atoms with Crippen LogP contribution < -0.4 is 10.6 Å². The van der Waals surface area contributed by atoms with Crippen molar-refractivity contribution in [1.29, 1.82) is 0 Å². The van der Waals surface area contributed by atoms with Crippen LogP contribution in [0.3, 0.4) is 0 Å². The Morgan fingerprint density at radius 1 is 1.10 bits per heavy atom. The number of anilines is 1. The second-order valence-electron chi connectivity index (χ2n) is 7.76. The van der Waals surface area contributed by atoms with Crippen molar-refractivity contribution in [3.05, 3.63) is 70.4 Å². The minimum atomic E-state index is -0.152. The van der Waals surface area contributed by atoms with E-state index >= 15 is 0 Å². The molecule has 0 bridgehead atoms. The fourth-order valence-corrected chi connectivity index (χ4v) is 4.11. The third-order valence-electron chi connectivity index (χ3n) is 5.70. The number of hydrogen-bond acceptors (Lipinski definition) is 3. The summed E-state index contributed by atoms with van der Waals surface area (Å²) in [5.41, 5.74) is 2.09. The number of hydrogen-bond donors (Lipinski definition) is 2. The predicted octanol–water partition coefficient (Wildman–Crippen LogP) is 4.90. The zero-order valence-electron chi connectivity index (χ0n) is 18.2. The van der Waals surface area contributed by atoms with Crippen molar-refractivity contribution in [2.75, 3.05) is 5.32 Å². The minimum absolute atomic E-state index is 0.126. The molecular formula is C24H29ClN4O2. The normalized spacial score (nSPS) is 19.7. The van der Waals surface area contributed by atoms with Gasteiger partial charge in [-0.25, -0.2) is 0 Å². The fraction of sp³-hybridized carbons (Fsp3) is 0.375. The molecule has 0 aliphatic heterocycles. The molecule has 1 aliphatic carbocycles. The number of allylic oxidation sites excluding steroid dienone is 2. The first kappa shape index (κ1) is 22.8. The molecule has 2 aromatic rings. The molecule has 0 unspecified atom stereocenters. The van der Waals surface area contributed by atoms with E-state index in [0.717, 1.165) is 31.4 Å². The Balaban J connectivity index is 1.57. The van der Waals surface area contributed by atoms with E-state index in [1.807, 2.05) is 45.2 Å². The molecule has 31 heavy (non-hydrogen) atoms. The van der Waals surface area contributed by atoms with Gasteiger partial charge in [-0.3, -0.25) is 14.3 Å². The van der Waals surface area contributed by atoms with Gasteiger partial charge in [0.05, 0.1) is 11.3 Å². The molecular weight excluding hydrogens is 412 g/mol. The second-order valence-corrected chi connectivity index (χ2v) is 8.17. The Kier molecular flexibility index (Phi) is 7.69. The molecule has 3 rings (SSSR count).